The molecule has 2 aromatic rings. The highest BCUT2D eigenvalue weighted by atomic mass is 35.5. The van der Waals surface area contributed by atoms with Gasteiger partial charge in [0, 0.05) is 22.7 Å². The van der Waals surface area contributed by atoms with Crippen molar-refractivity contribution in [3.8, 4) is 5.75 Å². The topological polar surface area (TPSA) is 106 Å². The molecule has 0 spiro atoms. The Bertz CT molecular complexity index is 1020. The number of nitro benzene ring substituents is 1. The first-order chi connectivity index (χ1) is 13.5. The molecular weight excluding hydrogens is 404 g/mol. The number of amides is 1. The van der Waals surface area contributed by atoms with Crippen molar-refractivity contribution in [2.24, 2.45) is 10.2 Å². The molecule has 1 heterocycles. The van der Waals surface area contributed by atoms with Gasteiger partial charge in [-0.1, -0.05) is 11.6 Å². The van der Waals surface area contributed by atoms with E-state index in [1.807, 2.05) is 12.1 Å². The molecule has 0 aromatic heterocycles. The van der Waals surface area contributed by atoms with Crippen molar-refractivity contribution in [3.05, 3.63) is 73.6 Å². The van der Waals surface area contributed by atoms with Crippen LogP contribution in [0, 0.1) is 10.1 Å². The summed E-state index contributed by atoms with van der Waals surface area (Å²) in [5.74, 6) is 0.350. The zero-order valence-electron chi connectivity index (χ0n) is 14.5. The molecule has 0 bridgehead atoms. The van der Waals surface area contributed by atoms with E-state index in [0.29, 0.717) is 20.7 Å². The fraction of sp³-hybridized carbons (Fsp3) is 0.0556. The number of nitrogens with zero attached hydrogens (tertiary/aromatic N) is 3. The third-order valence-electron chi connectivity index (χ3n) is 3.60. The average Bonchev–Trinajstić information content (AvgIpc) is 3.03. The number of carbonyl (C=O) groups is 1. The second kappa shape index (κ2) is 8.68. The molecule has 3 rings (SSSR count). The minimum Gasteiger partial charge on any atom is -0.497 e. The van der Waals surface area contributed by atoms with Crippen LogP contribution in [0.15, 0.2) is 57.6 Å². The molecule has 2 aromatic carbocycles. The van der Waals surface area contributed by atoms with Crippen LogP contribution in [0.2, 0.25) is 5.02 Å². The van der Waals surface area contributed by atoms with Crippen LogP contribution in [0.4, 0.5) is 5.69 Å². The van der Waals surface area contributed by atoms with Gasteiger partial charge in [-0.2, -0.15) is 5.10 Å². The van der Waals surface area contributed by atoms with Crippen molar-refractivity contribution in [2.45, 2.75) is 0 Å². The number of thioether (sulfide) groups is 1. The van der Waals surface area contributed by atoms with Crippen LogP contribution >= 0.6 is 23.4 Å². The number of methoxy groups -OCH3 is 1. The Labute approximate surface area is 169 Å². The summed E-state index contributed by atoms with van der Waals surface area (Å²) in [6.07, 6.45) is 3.02. The van der Waals surface area contributed by atoms with Crippen molar-refractivity contribution in [1.82, 2.24) is 5.32 Å². The lowest BCUT2D eigenvalue weighted by molar-refractivity contribution is -0.384. The lowest BCUT2D eigenvalue weighted by Gasteiger charge is -1.99. The molecule has 0 radical (unpaired) electrons. The van der Waals surface area contributed by atoms with E-state index in [2.05, 4.69) is 15.5 Å². The van der Waals surface area contributed by atoms with Crippen LogP contribution in [0.1, 0.15) is 11.1 Å². The molecule has 142 valence electrons. The molecule has 1 amide bonds. The SMILES string of the molecule is COc1ccc(/C=N/N=C2/NC(=O)/C(=C\c3cc([N+](=O)[O-])ccc3Cl)S2)cc1. The van der Waals surface area contributed by atoms with Crippen LogP contribution in [0.25, 0.3) is 6.08 Å². The van der Waals surface area contributed by atoms with Gasteiger partial charge in [0.1, 0.15) is 5.75 Å². The standard InChI is InChI=1S/C18H13ClN4O4S/c1-27-14-5-2-11(3-6-14)10-20-22-18-21-17(24)16(28-18)9-12-8-13(23(25)26)4-7-15(12)19/h2-10H,1H3,(H,21,22,24)/b16-9+,20-10+. The van der Waals surface area contributed by atoms with Gasteiger partial charge >= 0.3 is 0 Å². The van der Waals surface area contributed by atoms with E-state index in [-0.39, 0.29) is 11.6 Å². The lowest BCUT2D eigenvalue weighted by Crippen LogP contribution is -2.19. The number of halogens is 1. The number of hydrogen-bond acceptors (Lipinski definition) is 7. The predicted octanol–water partition coefficient (Wildman–Crippen LogP) is 3.85. The number of amidine groups is 1. The summed E-state index contributed by atoms with van der Waals surface area (Å²) in [6, 6.07) is 11.2. The zero-order valence-corrected chi connectivity index (χ0v) is 16.0. The van der Waals surface area contributed by atoms with Gasteiger partial charge in [-0.25, -0.2) is 0 Å². The first kappa shape index (κ1) is 19.6. The van der Waals surface area contributed by atoms with E-state index in [0.717, 1.165) is 23.1 Å². The Morgan fingerprint density at radius 3 is 2.68 bits per heavy atom. The predicted molar refractivity (Wildman–Crippen MR) is 110 cm³/mol. The molecule has 8 nitrogen and oxygen atoms in total. The Morgan fingerprint density at radius 2 is 2.00 bits per heavy atom. The second-order valence-corrected chi connectivity index (χ2v) is 6.89. The highest BCUT2D eigenvalue weighted by molar-refractivity contribution is 8.18. The summed E-state index contributed by atoms with van der Waals surface area (Å²) in [4.78, 5) is 22.8. The second-order valence-electron chi connectivity index (χ2n) is 5.45. The highest BCUT2D eigenvalue weighted by Gasteiger charge is 2.24. The Morgan fingerprint density at radius 1 is 1.25 bits per heavy atom. The van der Waals surface area contributed by atoms with E-state index in [1.165, 1.54) is 30.5 Å². The summed E-state index contributed by atoms with van der Waals surface area (Å²) < 4.78 is 5.08. The first-order valence-corrected chi connectivity index (χ1v) is 9.05. The molecule has 0 saturated carbocycles. The summed E-state index contributed by atoms with van der Waals surface area (Å²) in [7, 11) is 1.58. The number of nitrogens with one attached hydrogen (secondary N) is 1. The van der Waals surface area contributed by atoms with Gasteiger partial charge < -0.3 is 4.74 Å². The van der Waals surface area contributed by atoms with E-state index >= 15 is 0 Å². The summed E-state index contributed by atoms with van der Waals surface area (Å²) in [6.45, 7) is 0. The van der Waals surface area contributed by atoms with Crippen LogP contribution in [-0.4, -0.2) is 29.3 Å². The normalized spacial score (nSPS) is 16.7. The fourth-order valence-corrected chi connectivity index (χ4v) is 3.15. The van der Waals surface area contributed by atoms with Crippen LogP contribution in [-0.2, 0) is 4.79 Å². The first-order valence-electron chi connectivity index (χ1n) is 7.86. The zero-order chi connectivity index (χ0) is 20.1. The number of carbonyl (C=O) groups excluding carboxylic acids is 1. The molecule has 1 saturated heterocycles. The molecule has 28 heavy (non-hydrogen) atoms. The maximum Gasteiger partial charge on any atom is 0.270 e. The molecule has 0 aliphatic carbocycles. The monoisotopic (exact) mass is 416 g/mol. The minimum absolute atomic E-state index is 0.113. The number of hydrogen-bond donors (Lipinski definition) is 1. The fourth-order valence-electron chi connectivity index (χ4n) is 2.21. The Hall–Kier alpha value is -3.17. The van der Waals surface area contributed by atoms with Crippen molar-refractivity contribution < 1.29 is 14.5 Å². The van der Waals surface area contributed by atoms with Gasteiger partial charge in [-0.3, -0.25) is 20.2 Å². The highest BCUT2D eigenvalue weighted by Crippen LogP contribution is 2.30. The summed E-state index contributed by atoms with van der Waals surface area (Å²) >= 11 is 7.13. The smallest absolute Gasteiger partial charge is 0.270 e. The van der Waals surface area contributed by atoms with Gasteiger partial charge in [0.05, 0.1) is 23.2 Å². The van der Waals surface area contributed by atoms with Gasteiger partial charge in [0.2, 0.25) is 0 Å². The summed E-state index contributed by atoms with van der Waals surface area (Å²) in [5, 5.41) is 22.0. The van der Waals surface area contributed by atoms with Crippen LogP contribution in [0.5, 0.6) is 5.75 Å². The largest absolute Gasteiger partial charge is 0.497 e. The number of ether oxygens (including phenoxy) is 1. The van der Waals surface area contributed by atoms with Gasteiger partial charge in [0.15, 0.2) is 5.17 Å². The number of rotatable bonds is 5. The molecular formula is C18H13ClN4O4S. The third kappa shape index (κ3) is 4.76. The maximum absolute atomic E-state index is 12.1. The Kier molecular flexibility index (Phi) is 6.07. The van der Waals surface area contributed by atoms with Crippen molar-refractivity contribution in [3.63, 3.8) is 0 Å². The lowest BCUT2D eigenvalue weighted by atomic mass is 10.2. The molecule has 1 fully saturated rings. The van der Waals surface area contributed by atoms with E-state index in [1.54, 1.807) is 19.2 Å². The average molecular weight is 417 g/mol. The third-order valence-corrected chi connectivity index (χ3v) is 4.84. The van der Waals surface area contributed by atoms with E-state index < -0.39 is 4.92 Å². The van der Waals surface area contributed by atoms with Gasteiger partial charge in [0.25, 0.3) is 11.6 Å². The molecule has 1 aliphatic heterocycles. The van der Waals surface area contributed by atoms with Gasteiger partial charge in [-0.15, -0.1) is 5.10 Å². The number of non-ortho nitro benzene ring substituents is 1. The Balaban J connectivity index is 1.75. The van der Waals surface area contributed by atoms with Crippen LogP contribution in [0.3, 0.4) is 0 Å². The van der Waals surface area contributed by atoms with Crippen molar-refractivity contribution in [2.75, 3.05) is 7.11 Å². The quantitative estimate of drug-likeness (QED) is 0.345. The maximum atomic E-state index is 12.1. The van der Waals surface area contributed by atoms with E-state index in [9.17, 15) is 14.9 Å². The molecule has 1 aliphatic rings. The minimum atomic E-state index is -0.527. The van der Waals surface area contributed by atoms with Crippen LogP contribution < -0.4 is 10.1 Å². The molecule has 0 unspecified atom stereocenters. The number of nitro groups is 1. The summed E-state index contributed by atoms with van der Waals surface area (Å²) in [5.41, 5.74) is 1.08. The van der Waals surface area contributed by atoms with Gasteiger partial charge in [-0.05, 0) is 53.7 Å². The number of benzene rings is 2. The molecule has 0 atom stereocenters. The van der Waals surface area contributed by atoms with Crippen molar-refractivity contribution >= 4 is 52.4 Å². The molecule has 10 heteroatoms. The van der Waals surface area contributed by atoms with Crippen molar-refractivity contribution in [1.29, 1.82) is 0 Å². The van der Waals surface area contributed by atoms with E-state index in [4.69, 9.17) is 16.3 Å². The molecule has 1 N–H and O–H groups in total.